The molecule has 118 valence electrons. The van der Waals surface area contributed by atoms with Crippen molar-refractivity contribution in [2.75, 3.05) is 13.7 Å². The number of esters is 2. The molecule has 2 aromatic rings. The van der Waals surface area contributed by atoms with E-state index in [9.17, 15) is 14.4 Å². The molecular formula is C13H15N3O6. The van der Waals surface area contributed by atoms with Crippen molar-refractivity contribution in [3.8, 4) is 0 Å². The molecule has 2 rings (SSSR count). The first-order valence-electron chi connectivity index (χ1n) is 6.66. The predicted molar refractivity (Wildman–Crippen MR) is 73.4 cm³/mol. The van der Waals surface area contributed by atoms with E-state index in [1.165, 1.54) is 7.11 Å². The molecule has 0 radical (unpaired) electrons. The van der Waals surface area contributed by atoms with Crippen molar-refractivity contribution in [2.24, 2.45) is 0 Å². The normalized spacial score (nSPS) is 12.1. The topological polar surface area (TPSA) is 114 Å². The van der Waals surface area contributed by atoms with Gasteiger partial charge in [-0.1, -0.05) is 12.1 Å². The molecule has 0 aliphatic rings. The average Bonchev–Trinajstić information content (AvgIpc) is 2.95. The summed E-state index contributed by atoms with van der Waals surface area (Å²) in [6, 6.07) is -0.848. The van der Waals surface area contributed by atoms with E-state index in [4.69, 9.17) is 9.26 Å². The molecule has 0 amide bonds. The summed E-state index contributed by atoms with van der Waals surface area (Å²) < 4.78 is 15.4. The summed E-state index contributed by atoms with van der Waals surface area (Å²) in [6.07, 6.45) is 1.48. The SMILES string of the molecule is CCOC(=O)c1noc2ncn(C(CC)C(=O)OC)c(=O)c12. The molecule has 2 heterocycles. The van der Waals surface area contributed by atoms with E-state index in [1.807, 2.05) is 0 Å². The Morgan fingerprint density at radius 1 is 1.41 bits per heavy atom. The van der Waals surface area contributed by atoms with Gasteiger partial charge < -0.3 is 14.0 Å². The maximum Gasteiger partial charge on any atom is 0.361 e. The number of aromatic nitrogens is 3. The Morgan fingerprint density at radius 3 is 2.73 bits per heavy atom. The zero-order chi connectivity index (χ0) is 16.3. The first-order chi connectivity index (χ1) is 10.5. The van der Waals surface area contributed by atoms with Gasteiger partial charge in [0.1, 0.15) is 17.8 Å². The number of carbonyl (C=O) groups excluding carboxylic acids is 2. The fourth-order valence-corrected chi connectivity index (χ4v) is 2.03. The van der Waals surface area contributed by atoms with Gasteiger partial charge in [-0.25, -0.2) is 14.6 Å². The second kappa shape index (κ2) is 6.37. The minimum Gasteiger partial charge on any atom is -0.467 e. The summed E-state index contributed by atoms with van der Waals surface area (Å²) in [7, 11) is 1.23. The van der Waals surface area contributed by atoms with Crippen LogP contribution in [-0.4, -0.2) is 40.4 Å². The third kappa shape index (κ3) is 2.57. The molecule has 2 aromatic heterocycles. The Labute approximate surface area is 124 Å². The molecule has 9 heteroatoms. The Morgan fingerprint density at radius 2 is 2.14 bits per heavy atom. The van der Waals surface area contributed by atoms with Crippen LogP contribution >= 0.6 is 0 Å². The van der Waals surface area contributed by atoms with E-state index in [0.717, 1.165) is 10.9 Å². The molecule has 0 saturated carbocycles. The van der Waals surface area contributed by atoms with Crippen LogP contribution in [0.5, 0.6) is 0 Å². The van der Waals surface area contributed by atoms with Crippen LogP contribution in [0.15, 0.2) is 15.6 Å². The number of methoxy groups -OCH3 is 1. The van der Waals surface area contributed by atoms with Crippen molar-refractivity contribution in [2.45, 2.75) is 26.3 Å². The van der Waals surface area contributed by atoms with Crippen LogP contribution in [0.2, 0.25) is 0 Å². The zero-order valence-corrected chi connectivity index (χ0v) is 12.4. The number of rotatable bonds is 5. The van der Waals surface area contributed by atoms with Crippen molar-refractivity contribution >= 4 is 23.0 Å². The molecule has 0 aliphatic heterocycles. The Bertz CT molecular complexity index is 763. The van der Waals surface area contributed by atoms with E-state index in [-0.39, 0.29) is 23.4 Å². The molecular weight excluding hydrogens is 294 g/mol. The Balaban J connectivity index is 2.62. The maximum atomic E-state index is 12.5. The van der Waals surface area contributed by atoms with Gasteiger partial charge in [-0.2, -0.15) is 0 Å². The Kier molecular flexibility index (Phi) is 4.54. The molecule has 0 saturated heterocycles. The van der Waals surface area contributed by atoms with E-state index >= 15 is 0 Å². The van der Waals surface area contributed by atoms with E-state index in [2.05, 4.69) is 14.9 Å². The molecule has 22 heavy (non-hydrogen) atoms. The second-order valence-electron chi connectivity index (χ2n) is 4.34. The van der Waals surface area contributed by atoms with Gasteiger partial charge in [0, 0.05) is 0 Å². The van der Waals surface area contributed by atoms with Crippen LogP contribution in [0, 0.1) is 0 Å². The summed E-state index contributed by atoms with van der Waals surface area (Å²) in [6.45, 7) is 3.47. The quantitative estimate of drug-likeness (QED) is 0.741. The fraction of sp³-hybridized carbons (Fsp3) is 0.462. The van der Waals surface area contributed by atoms with Gasteiger partial charge in [0.25, 0.3) is 11.3 Å². The summed E-state index contributed by atoms with van der Waals surface area (Å²) in [4.78, 5) is 40.0. The largest absolute Gasteiger partial charge is 0.467 e. The van der Waals surface area contributed by atoms with E-state index in [0.29, 0.717) is 6.42 Å². The minimum atomic E-state index is -0.848. The highest BCUT2D eigenvalue weighted by Gasteiger charge is 2.26. The lowest BCUT2D eigenvalue weighted by Gasteiger charge is -2.14. The average molecular weight is 309 g/mol. The van der Waals surface area contributed by atoms with Crippen molar-refractivity contribution < 1.29 is 23.6 Å². The van der Waals surface area contributed by atoms with Crippen molar-refractivity contribution in [1.82, 2.24) is 14.7 Å². The van der Waals surface area contributed by atoms with Crippen molar-refractivity contribution in [1.29, 1.82) is 0 Å². The van der Waals surface area contributed by atoms with Crippen LogP contribution in [0.1, 0.15) is 36.8 Å². The number of nitrogens with zero attached hydrogens (tertiary/aromatic N) is 3. The van der Waals surface area contributed by atoms with Gasteiger partial charge in [0.15, 0.2) is 0 Å². The summed E-state index contributed by atoms with van der Waals surface area (Å²) in [5, 5.41) is 3.40. The minimum absolute atomic E-state index is 0.0935. The van der Waals surface area contributed by atoms with Crippen LogP contribution in [0.25, 0.3) is 11.1 Å². The lowest BCUT2D eigenvalue weighted by atomic mass is 10.2. The number of hydrogen-bond donors (Lipinski definition) is 0. The highest BCUT2D eigenvalue weighted by molar-refractivity contribution is 5.99. The molecule has 0 N–H and O–H groups in total. The monoisotopic (exact) mass is 309 g/mol. The molecule has 0 spiro atoms. The lowest BCUT2D eigenvalue weighted by Crippen LogP contribution is -2.31. The molecule has 9 nitrogen and oxygen atoms in total. The van der Waals surface area contributed by atoms with Gasteiger partial charge in [-0.3, -0.25) is 9.36 Å². The Hall–Kier alpha value is -2.71. The van der Waals surface area contributed by atoms with Gasteiger partial charge in [-0.15, -0.1) is 0 Å². The summed E-state index contributed by atoms with van der Waals surface area (Å²) in [5.41, 5.74) is -0.973. The number of hydrogen-bond acceptors (Lipinski definition) is 8. The van der Waals surface area contributed by atoms with Crippen LogP contribution in [0.3, 0.4) is 0 Å². The first-order valence-corrected chi connectivity index (χ1v) is 6.66. The highest BCUT2D eigenvalue weighted by atomic mass is 16.5. The van der Waals surface area contributed by atoms with Crippen molar-refractivity contribution in [3.05, 3.63) is 22.4 Å². The van der Waals surface area contributed by atoms with Crippen molar-refractivity contribution in [3.63, 3.8) is 0 Å². The second-order valence-corrected chi connectivity index (χ2v) is 4.34. The fourth-order valence-electron chi connectivity index (χ4n) is 2.03. The van der Waals surface area contributed by atoms with Crippen LogP contribution < -0.4 is 5.56 Å². The smallest absolute Gasteiger partial charge is 0.361 e. The maximum absolute atomic E-state index is 12.5. The number of ether oxygens (including phenoxy) is 2. The number of carbonyl (C=O) groups is 2. The van der Waals surface area contributed by atoms with E-state index in [1.54, 1.807) is 13.8 Å². The van der Waals surface area contributed by atoms with Crippen LogP contribution in [0.4, 0.5) is 0 Å². The highest BCUT2D eigenvalue weighted by Crippen LogP contribution is 2.16. The molecule has 1 atom stereocenters. The standard InChI is InChI=1S/C13H15N3O6/c1-4-7(12(18)20-3)16-6-14-10-8(11(16)17)9(15-22-10)13(19)21-5-2/h6-7H,4-5H2,1-3H3. The third-order valence-corrected chi connectivity index (χ3v) is 3.09. The van der Waals surface area contributed by atoms with Gasteiger partial charge in [0.2, 0.25) is 5.69 Å². The molecule has 0 bridgehead atoms. The van der Waals surface area contributed by atoms with Crippen LogP contribution in [-0.2, 0) is 14.3 Å². The molecule has 0 aromatic carbocycles. The predicted octanol–water partition coefficient (Wildman–Crippen LogP) is 0.685. The summed E-state index contributed by atoms with van der Waals surface area (Å²) >= 11 is 0. The molecule has 1 unspecified atom stereocenters. The van der Waals surface area contributed by atoms with Gasteiger partial charge >= 0.3 is 11.9 Å². The first kappa shape index (κ1) is 15.7. The molecule has 0 fully saturated rings. The summed E-state index contributed by atoms with van der Waals surface area (Å²) in [5.74, 6) is -1.37. The van der Waals surface area contributed by atoms with Gasteiger partial charge in [0.05, 0.1) is 13.7 Å². The van der Waals surface area contributed by atoms with Gasteiger partial charge in [-0.05, 0) is 13.3 Å². The number of fused-ring (bicyclic) bond motifs is 1. The zero-order valence-electron chi connectivity index (χ0n) is 12.4. The third-order valence-electron chi connectivity index (χ3n) is 3.09. The molecule has 0 aliphatic carbocycles. The van der Waals surface area contributed by atoms with E-state index < -0.39 is 23.5 Å². The lowest BCUT2D eigenvalue weighted by molar-refractivity contribution is -0.144.